The van der Waals surface area contributed by atoms with Gasteiger partial charge < -0.3 is 14.9 Å². The summed E-state index contributed by atoms with van der Waals surface area (Å²) in [6, 6.07) is 4.81. The minimum absolute atomic E-state index is 0.0508. The highest BCUT2D eigenvalue weighted by Crippen LogP contribution is 2.39. The number of hydrogen-bond donors (Lipinski definition) is 2. The quantitative estimate of drug-likeness (QED) is 0.846. The highest BCUT2D eigenvalue weighted by atomic mass is 16.5. The Balaban J connectivity index is 2.33. The Kier molecular flexibility index (Phi) is 3.50. The number of rotatable bonds is 2. The molecule has 4 heteroatoms. The van der Waals surface area contributed by atoms with Crippen LogP contribution in [-0.4, -0.2) is 40.4 Å². The standard InChI is InChI=1S/C14H21NO3/c1-10(13-11(16)5-4-6-12(13)17)15-7-8-18-9-14(15,2)3/h4-6,10,16-17H,7-9H2,1-3H3. The first-order valence-electron chi connectivity index (χ1n) is 6.29. The van der Waals surface area contributed by atoms with Gasteiger partial charge in [0.25, 0.3) is 0 Å². The summed E-state index contributed by atoms with van der Waals surface area (Å²) < 4.78 is 5.49. The molecule has 100 valence electrons. The molecular formula is C14H21NO3. The zero-order chi connectivity index (χ0) is 13.3. The summed E-state index contributed by atoms with van der Waals surface area (Å²) in [4.78, 5) is 2.26. The van der Waals surface area contributed by atoms with Gasteiger partial charge in [-0.15, -0.1) is 0 Å². The summed E-state index contributed by atoms with van der Waals surface area (Å²) in [5.41, 5.74) is 0.485. The molecule has 0 spiro atoms. The van der Waals surface area contributed by atoms with Gasteiger partial charge in [0.05, 0.1) is 18.8 Å². The molecule has 1 atom stereocenters. The van der Waals surface area contributed by atoms with Crippen LogP contribution in [0.15, 0.2) is 18.2 Å². The SMILES string of the molecule is CC(c1c(O)cccc1O)N1CCOCC1(C)C. The zero-order valence-corrected chi connectivity index (χ0v) is 11.2. The van der Waals surface area contributed by atoms with Gasteiger partial charge in [0.15, 0.2) is 0 Å². The van der Waals surface area contributed by atoms with Crippen molar-refractivity contribution in [3.8, 4) is 11.5 Å². The second kappa shape index (κ2) is 4.78. The molecule has 1 aromatic rings. The molecule has 2 N–H and O–H groups in total. The number of hydrogen-bond acceptors (Lipinski definition) is 4. The maximum absolute atomic E-state index is 9.94. The number of phenols is 2. The van der Waals surface area contributed by atoms with E-state index in [2.05, 4.69) is 18.7 Å². The van der Waals surface area contributed by atoms with Gasteiger partial charge in [0.2, 0.25) is 0 Å². The third kappa shape index (κ3) is 2.31. The second-order valence-corrected chi connectivity index (χ2v) is 5.44. The number of nitrogens with zero attached hydrogens (tertiary/aromatic N) is 1. The van der Waals surface area contributed by atoms with E-state index in [0.717, 1.165) is 6.54 Å². The molecule has 4 nitrogen and oxygen atoms in total. The average Bonchev–Trinajstić information content (AvgIpc) is 2.27. The van der Waals surface area contributed by atoms with Gasteiger partial charge in [-0.1, -0.05) is 6.07 Å². The number of phenolic OH excluding ortho intramolecular Hbond substituents is 2. The number of aromatic hydroxyl groups is 2. The third-order valence-corrected chi connectivity index (χ3v) is 3.65. The molecule has 1 aromatic carbocycles. The highest BCUT2D eigenvalue weighted by Gasteiger charge is 2.35. The molecule has 0 amide bonds. The lowest BCUT2D eigenvalue weighted by atomic mass is 9.95. The fraction of sp³-hybridized carbons (Fsp3) is 0.571. The molecule has 0 radical (unpaired) electrons. The molecule has 0 aromatic heterocycles. The normalized spacial score (nSPS) is 21.7. The van der Waals surface area contributed by atoms with Crippen LogP contribution in [0.4, 0.5) is 0 Å². The van der Waals surface area contributed by atoms with Crippen molar-refractivity contribution in [2.75, 3.05) is 19.8 Å². The van der Waals surface area contributed by atoms with E-state index in [9.17, 15) is 10.2 Å². The first kappa shape index (κ1) is 13.2. The van der Waals surface area contributed by atoms with Crippen LogP contribution in [0.3, 0.4) is 0 Å². The zero-order valence-electron chi connectivity index (χ0n) is 11.2. The van der Waals surface area contributed by atoms with Crippen LogP contribution in [0.1, 0.15) is 32.4 Å². The first-order chi connectivity index (χ1) is 8.43. The highest BCUT2D eigenvalue weighted by molar-refractivity contribution is 5.45. The van der Waals surface area contributed by atoms with E-state index in [1.165, 1.54) is 0 Å². The number of ether oxygens (including phenoxy) is 1. The fourth-order valence-corrected chi connectivity index (χ4v) is 2.71. The van der Waals surface area contributed by atoms with E-state index in [1.54, 1.807) is 18.2 Å². The number of morpholine rings is 1. The topological polar surface area (TPSA) is 52.9 Å². The predicted octanol–water partition coefficient (Wildman–Crippen LogP) is 2.27. The second-order valence-electron chi connectivity index (χ2n) is 5.44. The molecule has 18 heavy (non-hydrogen) atoms. The van der Waals surface area contributed by atoms with Crippen molar-refractivity contribution in [2.24, 2.45) is 0 Å². The minimum atomic E-state index is -0.105. The summed E-state index contributed by atoms with van der Waals surface area (Å²) in [6.45, 7) is 8.36. The number of benzene rings is 1. The summed E-state index contributed by atoms with van der Waals surface area (Å²) in [7, 11) is 0. The summed E-state index contributed by atoms with van der Waals surface area (Å²) in [5, 5.41) is 19.9. The van der Waals surface area contributed by atoms with Gasteiger partial charge in [-0.05, 0) is 32.9 Å². The summed E-state index contributed by atoms with van der Waals surface area (Å²) in [6.07, 6.45) is 0. The largest absolute Gasteiger partial charge is 0.507 e. The van der Waals surface area contributed by atoms with E-state index in [1.807, 2.05) is 6.92 Å². The minimum Gasteiger partial charge on any atom is -0.507 e. The third-order valence-electron chi connectivity index (χ3n) is 3.65. The maximum atomic E-state index is 9.94. The van der Waals surface area contributed by atoms with Crippen molar-refractivity contribution in [3.63, 3.8) is 0 Å². The molecule has 1 fully saturated rings. The van der Waals surface area contributed by atoms with Gasteiger partial charge in [0.1, 0.15) is 11.5 Å². The van der Waals surface area contributed by atoms with E-state index >= 15 is 0 Å². The molecule has 0 bridgehead atoms. The molecule has 1 unspecified atom stereocenters. The molecule has 1 aliphatic rings. The fourth-order valence-electron chi connectivity index (χ4n) is 2.71. The molecule has 1 saturated heterocycles. The van der Waals surface area contributed by atoms with Crippen LogP contribution in [0.25, 0.3) is 0 Å². The molecule has 1 heterocycles. The van der Waals surface area contributed by atoms with Gasteiger partial charge in [-0.2, -0.15) is 0 Å². The molecular weight excluding hydrogens is 230 g/mol. The Labute approximate surface area is 108 Å². The van der Waals surface area contributed by atoms with Crippen LogP contribution < -0.4 is 0 Å². The van der Waals surface area contributed by atoms with Gasteiger partial charge in [-0.25, -0.2) is 0 Å². The van der Waals surface area contributed by atoms with Gasteiger partial charge in [-0.3, -0.25) is 4.90 Å². The van der Waals surface area contributed by atoms with Gasteiger partial charge >= 0.3 is 0 Å². The van der Waals surface area contributed by atoms with Crippen molar-refractivity contribution >= 4 is 0 Å². The van der Waals surface area contributed by atoms with E-state index in [0.29, 0.717) is 18.8 Å². The van der Waals surface area contributed by atoms with Crippen LogP contribution in [0.2, 0.25) is 0 Å². The summed E-state index contributed by atoms with van der Waals surface area (Å²) >= 11 is 0. The Morgan fingerprint density at radius 2 is 1.89 bits per heavy atom. The van der Waals surface area contributed by atoms with Crippen LogP contribution in [-0.2, 0) is 4.74 Å². The Morgan fingerprint density at radius 3 is 2.44 bits per heavy atom. The first-order valence-corrected chi connectivity index (χ1v) is 6.29. The molecule has 0 saturated carbocycles. The smallest absolute Gasteiger partial charge is 0.124 e. The van der Waals surface area contributed by atoms with Crippen molar-refractivity contribution in [2.45, 2.75) is 32.4 Å². The van der Waals surface area contributed by atoms with Gasteiger partial charge in [0, 0.05) is 18.1 Å². The van der Waals surface area contributed by atoms with E-state index in [4.69, 9.17) is 4.74 Å². The van der Waals surface area contributed by atoms with Crippen molar-refractivity contribution < 1.29 is 14.9 Å². The lowest BCUT2D eigenvalue weighted by Gasteiger charge is -2.45. The lowest BCUT2D eigenvalue weighted by Crippen LogP contribution is -2.53. The van der Waals surface area contributed by atoms with Crippen LogP contribution in [0.5, 0.6) is 11.5 Å². The predicted molar refractivity (Wildman–Crippen MR) is 69.8 cm³/mol. The summed E-state index contributed by atoms with van der Waals surface area (Å²) in [5.74, 6) is 0.287. The molecule has 1 aliphatic heterocycles. The monoisotopic (exact) mass is 251 g/mol. The van der Waals surface area contributed by atoms with Crippen molar-refractivity contribution in [1.29, 1.82) is 0 Å². The van der Waals surface area contributed by atoms with Crippen LogP contribution in [0, 0.1) is 0 Å². The lowest BCUT2D eigenvalue weighted by molar-refractivity contribution is -0.0701. The molecule has 0 aliphatic carbocycles. The van der Waals surface area contributed by atoms with Crippen molar-refractivity contribution in [3.05, 3.63) is 23.8 Å². The Morgan fingerprint density at radius 1 is 1.28 bits per heavy atom. The van der Waals surface area contributed by atoms with Crippen molar-refractivity contribution in [1.82, 2.24) is 4.90 Å². The molecule has 2 rings (SSSR count). The van der Waals surface area contributed by atoms with Crippen LogP contribution >= 0.6 is 0 Å². The average molecular weight is 251 g/mol. The Bertz CT molecular complexity index is 411. The maximum Gasteiger partial charge on any atom is 0.124 e. The Hall–Kier alpha value is -1.26. The van der Waals surface area contributed by atoms with E-state index in [-0.39, 0.29) is 23.1 Å². The van der Waals surface area contributed by atoms with E-state index < -0.39 is 0 Å².